The molecular formula is C20H19N5O. The van der Waals surface area contributed by atoms with E-state index >= 15 is 0 Å². The highest BCUT2D eigenvalue weighted by Gasteiger charge is 2.20. The van der Waals surface area contributed by atoms with Gasteiger partial charge in [0.1, 0.15) is 29.8 Å². The summed E-state index contributed by atoms with van der Waals surface area (Å²) in [6, 6.07) is 12.5. The van der Waals surface area contributed by atoms with Gasteiger partial charge in [0.2, 0.25) is 0 Å². The first-order valence-corrected chi connectivity index (χ1v) is 8.84. The lowest BCUT2D eigenvalue weighted by Gasteiger charge is -2.19. The van der Waals surface area contributed by atoms with Gasteiger partial charge in [0, 0.05) is 30.1 Å². The summed E-state index contributed by atoms with van der Waals surface area (Å²) < 4.78 is 7.60. The lowest BCUT2D eigenvalue weighted by molar-refractivity contribution is 0.266. The minimum atomic E-state index is 0.139. The minimum Gasteiger partial charge on any atom is -0.461 e. The molecule has 1 saturated heterocycles. The van der Waals surface area contributed by atoms with Gasteiger partial charge >= 0.3 is 0 Å². The zero-order valence-electron chi connectivity index (χ0n) is 14.6. The zero-order chi connectivity index (χ0) is 18.1. The summed E-state index contributed by atoms with van der Waals surface area (Å²) in [6.45, 7) is 4.47. The molecule has 0 N–H and O–H groups in total. The first-order valence-electron chi connectivity index (χ1n) is 8.84. The molecule has 1 atom stereocenters. The van der Waals surface area contributed by atoms with Crippen LogP contribution in [0.5, 0.6) is 0 Å². The third-order valence-corrected chi connectivity index (χ3v) is 5.14. The summed E-state index contributed by atoms with van der Waals surface area (Å²) in [5.41, 5.74) is 2.01. The van der Waals surface area contributed by atoms with Gasteiger partial charge in [-0.2, -0.15) is 10.5 Å². The predicted molar refractivity (Wildman–Crippen MR) is 96.7 cm³/mol. The molecule has 1 fully saturated rings. The molecule has 0 aliphatic carbocycles. The van der Waals surface area contributed by atoms with Crippen molar-refractivity contribution in [1.29, 1.82) is 10.5 Å². The van der Waals surface area contributed by atoms with Crippen molar-refractivity contribution in [3.05, 3.63) is 47.7 Å². The van der Waals surface area contributed by atoms with Crippen LogP contribution in [0, 0.1) is 22.7 Å². The molecule has 2 aromatic heterocycles. The van der Waals surface area contributed by atoms with Gasteiger partial charge in [-0.1, -0.05) is 0 Å². The Morgan fingerprint density at radius 3 is 2.88 bits per heavy atom. The molecule has 1 aliphatic heterocycles. The average molecular weight is 345 g/mol. The minimum absolute atomic E-state index is 0.139. The van der Waals surface area contributed by atoms with E-state index in [1.54, 1.807) is 4.57 Å². The fourth-order valence-electron chi connectivity index (χ4n) is 3.67. The van der Waals surface area contributed by atoms with Crippen LogP contribution in [0.25, 0.3) is 16.7 Å². The van der Waals surface area contributed by atoms with Gasteiger partial charge in [-0.05, 0) is 50.6 Å². The van der Waals surface area contributed by atoms with E-state index in [1.165, 1.54) is 25.7 Å². The van der Waals surface area contributed by atoms with Gasteiger partial charge in [0.05, 0.1) is 0 Å². The van der Waals surface area contributed by atoms with Crippen molar-refractivity contribution in [1.82, 2.24) is 14.5 Å². The van der Waals surface area contributed by atoms with Crippen molar-refractivity contribution in [2.75, 3.05) is 13.1 Å². The van der Waals surface area contributed by atoms with Gasteiger partial charge in [-0.25, -0.2) is 4.98 Å². The van der Waals surface area contributed by atoms with Crippen molar-refractivity contribution >= 4 is 11.0 Å². The molecule has 0 spiro atoms. The average Bonchev–Trinajstić information content (AvgIpc) is 3.36. The largest absolute Gasteiger partial charge is 0.461 e. The van der Waals surface area contributed by atoms with Crippen LogP contribution in [0.4, 0.5) is 0 Å². The number of hydrogen-bond acceptors (Lipinski definition) is 5. The number of furan rings is 1. The van der Waals surface area contributed by atoms with Crippen molar-refractivity contribution in [3.63, 3.8) is 0 Å². The van der Waals surface area contributed by atoms with E-state index < -0.39 is 0 Å². The molecule has 6 nitrogen and oxygen atoms in total. The Labute approximate surface area is 151 Å². The number of hydrogen-bond donors (Lipinski definition) is 0. The Balaban J connectivity index is 1.59. The number of benzene rings is 1. The number of aromatic nitrogens is 2. The topological polar surface area (TPSA) is 81.8 Å². The summed E-state index contributed by atoms with van der Waals surface area (Å²) in [4.78, 5) is 6.50. The van der Waals surface area contributed by atoms with E-state index in [1.807, 2.05) is 24.3 Å². The highest BCUT2D eigenvalue weighted by molar-refractivity contribution is 5.80. The maximum Gasteiger partial charge on any atom is 0.177 e. The van der Waals surface area contributed by atoms with Crippen LogP contribution in [0.3, 0.4) is 0 Å². The Bertz CT molecular complexity index is 1030. The van der Waals surface area contributed by atoms with Gasteiger partial charge in [0.25, 0.3) is 0 Å². The van der Waals surface area contributed by atoms with Crippen molar-refractivity contribution in [3.8, 4) is 17.8 Å². The predicted octanol–water partition coefficient (Wildman–Crippen LogP) is 3.39. The normalized spacial score (nSPS) is 17.4. The second kappa shape index (κ2) is 6.67. The van der Waals surface area contributed by atoms with Crippen molar-refractivity contribution in [2.24, 2.45) is 0 Å². The molecule has 1 aliphatic rings. The van der Waals surface area contributed by atoms with Crippen molar-refractivity contribution in [2.45, 2.75) is 32.2 Å². The highest BCUT2D eigenvalue weighted by atomic mass is 16.3. The molecule has 130 valence electrons. The van der Waals surface area contributed by atoms with E-state index in [-0.39, 0.29) is 11.4 Å². The third kappa shape index (κ3) is 2.85. The van der Waals surface area contributed by atoms with E-state index in [0.29, 0.717) is 6.04 Å². The summed E-state index contributed by atoms with van der Waals surface area (Å²) in [7, 11) is 0. The summed E-state index contributed by atoms with van der Waals surface area (Å²) in [6.07, 6.45) is 4.96. The number of nitriles is 2. The van der Waals surface area contributed by atoms with Crippen LogP contribution >= 0.6 is 0 Å². The van der Waals surface area contributed by atoms with E-state index in [0.717, 1.165) is 35.4 Å². The van der Waals surface area contributed by atoms with Crippen LogP contribution < -0.4 is 0 Å². The molecule has 6 heteroatoms. The van der Waals surface area contributed by atoms with Crippen LogP contribution in [-0.2, 0) is 6.42 Å². The first-order chi connectivity index (χ1) is 12.7. The molecule has 4 rings (SSSR count). The fraction of sp³-hybridized carbons (Fsp3) is 0.350. The molecule has 1 aromatic carbocycles. The molecule has 0 saturated carbocycles. The standard InChI is InChI=1S/C20H19N5O/c1-14-3-2-7-24(14)8-6-17-10-15-9-16(4-5-20(15)26-17)25-13-23-18(11-21)19(25)12-22/h4-5,9-10,13-14H,2-3,6-8H2,1H3. The smallest absolute Gasteiger partial charge is 0.177 e. The molecule has 1 unspecified atom stereocenters. The SMILES string of the molecule is CC1CCCN1CCc1cc2cc(-n3cnc(C#N)c3C#N)ccc2o1. The Morgan fingerprint density at radius 1 is 1.27 bits per heavy atom. The molecule has 26 heavy (non-hydrogen) atoms. The number of nitrogens with zero attached hydrogens (tertiary/aromatic N) is 5. The number of imidazole rings is 1. The number of likely N-dealkylation sites (tertiary alicyclic amines) is 1. The lowest BCUT2D eigenvalue weighted by atomic mass is 10.2. The van der Waals surface area contributed by atoms with E-state index in [4.69, 9.17) is 9.68 Å². The molecular weight excluding hydrogens is 326 g/mol. The number of rotatable bonds is 4. The third-order valence-electron chi connectivity index (χ3n) is 5.14. The maximum atomic E-state index is 9.31. The summed E-state index contributed by atoms with van der Waals surface area (Å²) in [5, 5.41) is 19.4. The van der Waals surface area contributed by atoms with Crippen LogP contribution in [0.15, 0.2) is 35.0 Å². The van der Waals surface area contributed by atoms with Gasteiger partial charge in [-0.3, -0.25) is 4.57 Å². The van der Waals surface area contributed by atoms with Crippen molar-refractivity contribution < 1.29 is 4.42 Å². The van der Waals surface area contributed by atoms with E-state index in [2.05, 4.69) is 28.9 Å². The highest BCUT2D eigenvalue weighted by Crippen LogP contribution is 2.25. The van der Waals surface area contributed by atoms with Gasteiger partial charge in [0.15, 0.2) is 11.4 Å². The Hall–Kier alpha value is -3.09. The first kappa shape index (κ1) is 16.4. The van der Waals surface area contributed by atoms with Gasteiger partial charge in [-0.15, -0.1) is 0 Å². The molecule has 0 bridgehead atoms. The van der Waals surface area contributed by atoms with Crippen LogP contribution in [0.2, 0.25) is 0 Å². The Kier molecular flexibility index (Phi) is 4.20. The lowest BCUT2D eigenvalue weighted by Crippen LogP contribution is -2.28. The van der Waals surface area contributed by atoms with E-state index in [9.17, 15) is 5.26 Å². The van der Waals surface area contributed by atoms with Crippen LogP contribution in [0.1, 0.15) is 36.9 Å². The Morgan fingerprint density at radius 2 is 2.15 bits per heavy atom. The summed E-state index contributed by atoms with van der Waals surface area (Å²) in [5.74, 6) is 0.972. The maximum absolute atomic E-state index is 9.31. The van der Waals surface area contributed by atoms with Gasteiger partial charge < -0.3 is 9.32 Å². The van der Waals surface area contributed by atoms with Crippen LogP contribution in [-0.4, -0.2) is 33.6 Å². The molecule has 0 radical (unpaired) electrons. The quantitative estimate of drug-likeness (QED) is 0.724. The molecule has 3 aromatic rings. The fourth-order valence-corrected chi connectivity index (χ4v) is 3.67. The summed E-state index contributed by atoms with van der Waals surface area (Å²) >= 11 is 0. The second-order valence-electron chi connectivity index (χ2n) is 6.75. The zero-order valence-corrected chi connectivity index (χ0v) is 14.6. The molecule has 3 heterocycles. The molecule has 0 amide bonds. The monoisotopic (exact) mass is 345 g/mol. The number of fused-ring (bicyclic) bond motifs is 1. The second-order valence-corrected chi connectivity index (χ2v) is 6.75.